The molecule has 1 aliphatic rings. The third-order valence-corrected chi connectivity index (χ3v) is 6.21. The molecule has 1 saturated heterocycles. The van der Waals surface area contributed by atoms with Gasteiger partial charge < -0.3 is 10.2 Å². The maximum atomic E-state index is 12.4. The number of hydrogen-bond acceptors (Lipinski definition) is 6. The Morgan fingerprint density at radius 1 is 1.19 bits per heavy atom. The van der Waals surface area contributed by atoms with Crippen LogP contribution in [0.25, 0.3) is 0 Å². The van der Waals surface area contributed by atoms with E-state index in [4.69, 9.17) is 0 Å². The molecular formula is C21H24N4O6S. The molecule has 170 valence electrons. The Balaban J connectivity index is 1.60. The lowest BCUT2D eigenvalue weighted by Crippen LogP contribution is -2.40. The summed E-state index contributed by atoms with van der Waals surface area (Å²) in [6, 6.07) is 12.6. The van der Waals surface area contributed by atoms with Crippen molar-refractivity contribution in [3.8, 4) is 0 Å². The second-order valence-electron chi connectivity index (χ2n) is 7.56. The summed E-state index contributed by atoms with van der Waals surface area (Å²) in [5.41, 5.74) is 1.57. The van der Waals surface area contributed by atoms with Gasteiger partial charge in [0.1, 0.15) is 6.54 Å². The highest BCUT2D eigenvalue weighted by Gasteiger charge is 2.23. The highest BCUT2D eigenvalue weighted by atomic mass is 32.2. The van der Waals surface area contributed by atoms with Crippen LogP contribution in [0.1, 0.15) is 24.0 Å². The largest absolute Gasteiger partial charge is 0.350 e. The molecular weight excluding hydrogens is 436 g/mol. The van der Waals surface area contributed by atoms with Gasteiger partial charge in [-0.2, -0.15) is 0 Å². The maximum absolute atomic E-state index is 12.4. The van der Waals surface area contributed by atoms with Crippen molar-refractivity contribution in [2.45, 2.75) is 25.9 Å². The van der Waals surface area contributed by atoms with E-state index in [-0.39, 0.29) is 23.8 Å². The fourth-order valence-corrected chi connectivity index (χ4v) is 4.25. The zero-order chi connectivity index (χ0) is 23.3. The van der Waals surface area contributed by atoms with E-state index >= 15 is 0 Å². The fourth-order valence-electron chi connectivity index (χ4n) is 3.40. The zero-order valence-electron chi connectivity index (χ0n) is 17.6. The minimum absolute atomic E-state index is 0.0395. The van der Waals surface area contributed by atoms with Crippen molar-refractivity contribution >= 4 is 33.2 Å². The van der Waals surface area contributed by atoms with Gasteiger partial charge in [0.2, 0.25) is 21.8 Å². The number of sulfonamides is 1. The smallest absolute Gasteiger partial charge is 0.271 e. The van der Waals surface area contributed by atoms with Crippen LogP contribution in [-0.4, -0.2) is 49.4 Å². The topological polar surface area (TPSA) is 130 Å². The Hall–Kier alpha value is -3.47. The molecule has 1 aliphatic heterocycles. The Morgan fingerprint density at radius 2 is 1.88 bits per heavy atom. The molecule has 1 heterocycles. The summed E-state index contributed by atoms with van der Waals surface area (Å²) < 4.78 is 25.2. The van der Waals surface area contributed by atoms with E-state index in [0.29, 0.717) is 13.0 Å². The van der Waals surface area contributed by atoms with Crippen LogP contribution in [0.5, 0.6) is 0 Å². The number of nitrogens with zero attached hydrogens (tertiary/aromatic N) is 3. The standard InChI is InChI=1S/C21H24N4O6S/c1-32(30,31)24(18-4-2-5-19(12-18)25(28)29)15-20(26)22-13-16-7-9-17(10-8-16)14-23-11-3-6-21(23)27/h2,4-5,7-10,12H,3,6,11,13-15H2,1H3,(H,22,26). The van der Waals surface area contributed by atoms with Gasteiger partial charge in [-0.15, -0.1) is 0 Å². The summed E-state index contributed by atoms with van der Waals surface area (Å²) >= 11 is 0. The monoisotopic (exact) mass is 460 g/mol. The van der Waals surface area contributed by atoms with Crippen LogP contribution >= 0.6 is 0 Å². The van der Waals surface area contributed by atoms with Crippen LogP contribution in [0, 0.1) is 10.1 Å². The van der Waals surface area contributed by atoms with Crippen molar-refractivity contribution in [3.63, 3.8) is 0 Å². The Labute approximate surface area is 186 Å². The van der Waals surface area contributed by atoms with E-state index < -0.39 is 27.4 Å². The SMILES string of the molecule is CS(=O)(=O)N(CC(=O)NCc1ccc(CN2CCCC2=O)cc1)c1cccc([N+](=O)[O-])c1. The zero-order valence-corrected chi connectivity index (χ0v) is 18.4. The van der Waals surface area contributed by atoms with Gasteiger partial charge in [-0.25, -0.2) is 8.42 Å². The van der Waals surface area contributed by atoms with Crippen molar-refractivity contribution in [2.24, 2.45) is 0 Å². The van der Waals surface area contributed by atoms with Crippen LogP contribution in [0.3, 0.4) is 0 Å². The number of anilines is 1. The van der Waals surface area contributed by atoms with Crippen LogP contribution in [-0.2, 0) is 32.7 Å². The summed E-state index contributed by atoms with van der Waals surface area (Å²) in [7, 11) is -3.84. The Bertz CT molecular complexity index is 1120. The molecule has 0 radical (unpaired) electrons. The van der Waals surface area contributed by atoms with Crippen molar-refractivity contribution in [1.82, 2.24) is 10.2 Å². The molecule has 32 heavy (non-hydrogen) atoms. The lowest BCUT2D eigenvalue weighted by Gasteiger charge is -2.21. The van der Waals surface area contributed by atoms with Gasteiger partial charge in [-0.05, 0) is 23.6 Å². The predicted octanol–water partition coefficient (Wildman–Crippen LogP) is 1.80. The summed E-state index contributed by atoms with van der Waals surface area (Å²) in [6.45, 7) is 1.000. The highest BCUT2D eigenvalue weighted by molar-refractivity contribution is 7.92. The lowest BCUT2D eigenvalue weighted by atomic mass is 10.1. The molecule has 2 aromatic carbocycles. The van der Waals surface area contributed by atoms with E-state index in [2.05, 4.69) is 5.32 Å². The highest BCUT2D eigenvalue weighted by Crippen LogP contribution is 2.23. The van der Waals surface area contributed by atoms with Gasteiger partial charge in [0.05, 0.1) is 16.9 Å². The molecule has 0 aliphatic carbocycles. The quantitative estimate of drug-likeness (QED) is 0.449. The first-order chi connectivity index (χ1) is 15.1. The average molecular weight is 461 g/mol. The van der Waals surface area contributed by atoms with Crippen LogP contribution < -0.4 is 9.62 Å². The van der Waals surface area contributed by atoms with Crippen LogP contribution in [0.2, 0.25) is 0 Å². The fraction of sp³-hybridized carbons (Fsp3) is 0.333. The first-order valence-corrected chi connectivity index (χ1v) is 11.8. The molecule has 1 fully saturated rings. The minimum Gasteiger partial charge on any atom is -0.350 e. The molecule has 0 saturated carbocycles. The first-order valence-electron chi connectivity index (χ1n) is 9.98. The molecule has 0 aromatic heterocycles. The number of benzene rings is 2. The van der Waals surface area contributed by atoms with E-state index in [9.17, 15) is 28.1 Å². The number of carbonyl (C=O) groups is 2. The second-order valence-corrected chi connectivity index (χ2v) is 9.47. The molecule has 0 unspecified atom stereocenters. The van der Waals surface area contributed by atoms with Gasteiger partial charge in [0.15, 0.2) is 0 Å². The van der Waals surface area contributed by atoms with Gasteiger partial charge in [-0.1, -0.05) is 30.3 Å². The van der Waals surface area contributed by atoms with Crippen LogP contribution in [0.4, 0.5) is 11.4 Å². The molecule has 0 spiro atoms. The molecule has 2 amide bonds. The lowest BCUT2D eigenvalue weighted by molar-refractivity contribution is -0.384. The summed E-state index contributed by atoms with van der Waals surface area (Å²) in [5, 5.41) is 13.6. The third-order valence-electron chi connectivity index (χ3n) is 5.07. The van der Waals surface area contributed by atoms with E-state index in [1.54, 1.807) is 0 Å². The summed E-state index contributed by atoms with van der Waals surface area (Å²) in [4.78, 5) is 36.3. The number of non-ortho nitro benzene ring substituents is 1. The molecule has 0 atom stereocenters. The van der Waals surface area contributed by atoms with Gasteiger partial charge in [0.25, 0.3) is 5.69 Å². The number of hydrogen-bond donors (Lipinski definition) is 1. The third kappa shape index (κ3) is 6.03. The molecule has 3 rings (SSSR count). The van der Waals surface area contributed by atoms with E-state index in [0.717, 1.165) is 40.7 Å². The molecule has 10 nitrogen and oxygen atoms in total. The number of carbonyl (C=O) groups excluding carboxylic acids is 2. The molecule has 0 bridgehead atoms. The Morgan fingerprint density at radius 3 is 2.47 bits per heavy atom. The maximum Gasteiger partial charge on any atom is 0.271 e. The normalized spacial score (nSPS) is 13.8. The number of rotatable bonds is 9. The number of nitrogens with one attached hydrogen (secondary N) is 1. The van der Waals surface area contributed by atoms with Gasteiger partial charge >= 0.3 is 0 Å². The van der Waals surface area contributed by atoms with Crippen molar-refractivity contribution in [3.05, 3.63) is 69.8 Å². The predicted molar refractivity (Wildman–Crippen MR) is 118 cm³/mol. The summed E-state index contributed by atoms with van der Waals surface area (Å²) in [6.07, 6.45) is 2.40. The first kappa shape index (κ1) is 23.2. The molecule has 11 heteroatoms. The van der Waals surface area contributed by atoms with Gasteiger partial charge in [0, 0.05) is 38.2 Å². The number of likely N-dealkylation sites (tertiary alicyclic amines) is 1. The van der Waals surface area contributed by atoms with Crippen LogP contribution in [0.15, 0.2) is 48.5 Å². The van der Waals surface area contributed by atoms with Crippen molar-refractivity contribution in [2.75, 3.05) is 23.7 Å². The summed E-state index contributed by atoms with van der Waals surface area (Å²) in [5.74, 6) is -0.394. The molecule has 1 N–H and O–H groups in total. The number of amides is 2. The second kappa shape index (κ2) is 9.77. The van der Waals surface area contributed by atoms with Crippen molar-refractivity contribution < 1.29 is 22.9 Å². The molecule has 2 aromatic rings. The van der Waals surface area contributed by atoms with E-state index in [1.165, 1.54) is 18.2 Å². The number of nitro benzene ring substituents is 1. The number of nitro groups is 1. The van der Waals surface area contributed by atoms with Gasteiger partial charge in [-0.3, -0.25) is 24.0 Å². The van der Waals surface area contributed by atoms with Crippen molar-refractivity contribution in [1.29, 1.82) is 0 Å². The van der Waals surface area contributed by atoms with E-state index in [1.807, 2.05) is 29.2 Å². The average Bonchev–Trinajstić information content (AvgIpc) is 3.15. The minimum atomic E-state index is -3.84. The Kier molecular flexibility index (Phi) is 7.08.